The zero-order valence-corrected chi connectivity index (χ0v) is 12.0. The fourth-order valence-corrected chi connectivity index (χ4v) is 2.35. The van der Waals surface area contributed by atoms with Gasteiger partial charge in [0.2, 0.25) is 0 Å². The summed E-state index contributed by atoms with van der Waals surface area (Å²) in [6, 6.07) is 7.63. The number of ether oxygens (including phenoxy) is 1. The first-order valence-corrected chi connectivity index (χ1v) is 6.32. The van der Waals surface area contributed by atoms with Crippen LogP contribution in [0.1, 0.15) is 22.3 Å². The summed E-state index contributed by atoms with van der Waals surface area (Å²) in [6.07, 6.45) is 1.01. The Kier molecular flexibility index (Phi) is 6.28. The van der Waals surface area contributed by atoms with E-state index in [-0.39, 0.29) is 18.3 Å². The molecule has 5 heteroatoms. The summed E-state index contributed by atoms with van der Waals surface area (Å²) in [4.78, 5) is 14.2. The molecule has 1 saturated heterocycles. The Hall–Kier alpha value is -1.10. The van der Waals surface area contributed by atoms with E-state index in [0.717, 1.165) is 30.6 Å². The smallest absolute Gasteiger partial charge is 0.253 e. The highest BCUT2D eigenvalue weighted by molar-refractivity contribution is 5.94. The molecule has 0 bridgehead atoms. The van der Waals surface area contributed by atoms with Crippen LogP contribution < -0.4 is 5.73 Å². The molecule has 2 N–H and O–H groups in total. The van der Waals surface area contributed by atoms with Gasteiger partial charge in [-0.2, -0.15) is 0 Å². The van der Waals surface area contributed by atoms with Gasteiger partial charge in [-0.15, -0.1) is 12.4 Å². The topological polar surface area (TPSA) is 55.6 Å². The fourth-order valence-electron chi connectivity index (χ4n) is 2.35. The van der Waals surface area contributed by atoms with Gasteiger partial charge in [-0.05, 0) is 36.6 Å². The summed E-state index contributed by atoms with van der Waals surface area (Å²) in [5.41, 5.74) is 7.41. The molecule has 1 unspecified atom stereocenters. The van der Waals surface area contributed by atoms with Gasteiger partial charge in [0.05, 0.1) is 6.61 Å². The first kappa shape index (κ1) is 16.0. The molecule has 1 aliphatic heterocycles. The largest absolute Gasteiger partial charge is 0.380 e. The molecular weight excluding hydrogens is 264 g/mol. The van der Waals surface area contributed by atoms with E-state index in [2.05, 4.69) is 0 Å². The highest BCUT2D eigenvalue weighted by atomic mass is 35.5. The molecule has 0 aromatic heterocycles. The average Bonchev–Trinajstić information content (AvgIpc) is 2.87. The van der Waals surface area contributed by atoms with Gasteiger partial charge in [0.15, 0.2) is 0 Å². The molecule has 1 atom stereocenters. The molecule has 4 nitrogen and oxygen atoms in total. The van der Waals surface area contributed by atoms with E-state index in [9.17, 15) is 4.79 Å². The number of amides is 1. The number of methoxy groups -OCH3 is 1. The van der Waals surface area contributed by atoms with Crippen LogP contribution >= 0.6 is 12.4 Å². The first-order chi connectivity index (χ1) is 8.74. The molecule has 1 amide bonds. The lowest BCUT2D eigenvalue weighted by atomic mass is 10.1. The van der Waals surface area contributed by atoms with Gasteiger partial charge in [-0.25, -0.2) is 0 Å². The minimum absolute atomic E-state index is 0. The molecule has 0 spiro atoms. The van der Waals surface area contributed by atoms with Crippen LogP contribution in [0.5, 0.6) is 0 Å². The van der Waals surface area contributed by atoms with E-state index in [1.807, 2.05) is 29.2 Å². The molecule has 2 rings (SSSR count). The Morgan fingerprint density at radius 1 is 1.53 bits per heavy atom. The van der Waals surface area contributed by atoms with Crippen molar-refractivity contribution in [2.75, 3.05) is 26.7 Å². The number of benzene rings is 1. The van der Waals surface area contributed by atoms with Crippen LogP contribution in [0.4, 0.5) is 0 Å². The highest BCUT2D eigenvalue weighted by Crippen LogP contribution is 2.18. The average molecular weight is 285 g/mol. The van der Waals surface area contributed by atoms with Crippen molar-refractivity contribution in [3.63, 3.8) is 0 Å². The van der Waals surface area contributed by atoms with Gasteiger partial charge < -0.3 is 15.4 Å². The van der Waals surface area contributed by atoms with E-state index in [4.69, 9.17) is 10.5 Å². The molecule has 1 aliphatic rings. The van der Waals surface area contributed by atoms with Gasteiger partial charge in [0, 0.05) is 25.8 Å². The Balaban J connectivity index is 0.00000180. The molecule has 1 heterocycles. The third-order valence-corrected chi connectivity index (χ3v) is 3.39. The molecule has 0 saturated carbocycles. The summed E-state index contributed by atoms with van der Waals surface area (Å²) in [5.74, 6) is 0.556. The van der Waals surface area contributed by atoms with Crippen LogP contribution in [-0.2, 0) is 11.3 Å². The standard InChI is InChI=1S/C14H20N2O2.ClH/c1-18-10-11-3-2-4-13(7-11)14(17)16-6-5-12(8-15)9-16;/h2-4,7,12H,5-6,8-10,15H2,1H3;1H. The number of nitrogens with zero attached hydrogens (tertiary/aromatic N) is 1. The van der Waals surface area contributed by atoms with Gasteiger partial charge >= 0.3 is 0 Å². The third kappa shape index (κ3) is 3.93. The van der Waals surface area contributed by atoms with Crippen molar-refractivity contribution in [2.45, 2.75) is 13.0 Å². The van der Waals surface area contributed by atoms with Crippen LogP contribution in [-0.4, -0.2) is 37.6 Å². The Morgan fingerprint density at radius 2 is 2.32 bits per heavy atom. The zero-order valence-electron chi connectivity index (χ0n) is 11.2. The second-order valence-electron chi connectivity index (χ2n) is 4.77. The summed E-state index contributed by atoms with van der Waals surface area (Å²) in [6.45, 7) is 2.79. The Bertz CT molecular complexity index is 426. The maximum atomic E-state index is 12.3. The maximum absolute atomic E-state index is 12.3. The molecule has 0 aliphatic carbocycles. The molecule has 1 aromatic rings. The van der Waals surface area contributed by atoms with Crippen molar-refractivity contribution in [3.8, 4) is 0 Å². The molecule has 1 aromatic carbocycles. The number of carbonyl (C=O) groups is 1. The molecule has 19 heavy (non-hydrogen) atoms. The lowest BCUT2D eigenvalue weighted by Crippen LogP contribution is -2.29. The predicted molar refractivity (Wildman–Crippen MR) is 77.5 cm³/mol. The summed E-state index contributed by atoms with van der Waals surface area (Å²) < 4.78 is 5.08. The third-order valence-electron chi connectivity index (χ3n) is 3.39. The molecule has 1 fully saturated rings. The van der Waals surface area contributed by atoms with Crippen molar-refractivity contribution in [3.05, 3.63) is 35.4 Å². The summed E-state index contributed by atoms with van der Waals surface area (Å²) in [7, 11) is 1.65. The van der Waals surface area contributed by atoms with Crippen molar-refractivity contribution < 1.29 is 9.53 Å². The second kappa shape index (κ2) is 7.48. The summed E-state index contributed by atoms with van der Waals surface area (Å²) in [5, 5.41) is 0. The molecule has 0 radical (unpaired) electrons. The lowest BCUT2D eigenvalue weighted by molar-refractivity contribution is 0.0787. The number of hydrogen-bond acceptors (Lipinski definition) is 3. The fraction of sp³-hybridized carbons (Fsp3) is 0.500. The highest BCUT2D eigenvalue weighted by Gasteiger charge is 2.25. The van der Waals surface area contributed by atoms with Crippen LogP contribution in [0.25, 0.3) is 0 Å². The van der Waals surface area contributed by atoms with E-state index in [1.54, 1.807) is 7.11 Å². The Labute approximate surface area is 120 Å². The quantitative estimate of drug-likeness (QED) is 0.915. The van der Waals surface area contributed by atoms with Gasteiger partial charge in [-0.3, -0.25) is 4.79 Å². The first-order valence-electron chi connectivity index (χ1n) is 6.32. The number of halogens is 1. The summed E-state index contributed by atoms with van der Waals surface area (Å²) >= 11 is 0. The number of nitrogens with two attached hydrogens (primary N) is 1. The SMILES string of the molecule is COCc1cccc(C(=O)N2CCC(CN)C2)c1.Cl. The number of hydrogen-bond donors (Lipinski definition) is 1. The van der Waals surface area contributed by atoms with Crippen LogP contribution in [0.3, 0.4) is 0 Å². The van der Waals surface area contributed by atoms with Gasteiger partial charge in [-0.1, -0.05) is 12.1 Å². The maximum Gasteiger partial charge on any atom is 0.253 e. The van der Waals surface area contributed by atoms with Crippen LogP contribution in [0, 0.1) is 5.92 Å². The lowest BCUT2D eigenvalue weighted by Gasteiger charge is -2.16. The van der Waals surface area contributed by atoms with E-state index < -0.39 is 0 Å². The van der Waals surface area contributed by atoms with Gasteiger partial charge in [0.1, 0.15) is 0 Å². The monoisotopic (exact) mass is 284 g/mol. The van der Waals surface area contributed by atoms with Crippen LogP contribution in [0.15, 0.2) is 24.3 Å². The second-order valence-corrected chi connectivity index (χ2v) is 4.77. The van der Waals surface area contributed by atoms with E-state index in [0.29, 0.717) is 19.1 Å². The number of carbonyl (C=O) groups excluding carboxylic acids is 1. The minimum atomic E-state index is 0. The number of likely N-dealkylation sites (tertiary alicyclic amines) is 1. The van der Waals surface area contributed by atoms with Crippen molar-refractivity contribution in [1.82, 2.24) is 4.90 Å². The molecular formula is C14H21ClN2O2. The van der Waals surface area contributed by atoms with E-state index in [1.165, 1.54) is 0 Å². The number of rotatable bonds is 4. The zero-order chi connectivity index (χ0) is 13.0. The minimum Gasteiger partial charge on any atom is -0.380 e. The molecule has 106 valence electrons. The Morgan fingerprint density at radius 3 is 2.95 bits per heavy atom. The predicted octanol–water partition coefficient (Wildman–Crippen LogP) is 1.68. The van der Waals surface area contributed by atoms with Crippen molar-refractivity contribution >= 4 is 18.3 Å². The van der Waals surface area contributed by atoms with Crippen LogP contribution in [0.2, 0.25) is 0 Å². The van der Waals surface area contributed by atoms with Crippen molar-refractivity contribution in [1.29, 1.82) is 0 Å². The van der Waals surface area contributed by atoms with E-state index >= 15 is 0 Å². The van der Waals surface area contributed by atoms with Gasteiger partial charge in [0.25, 0.3) is 5.91 Å². The normalized spacial score (nSPS) is 18.2. The van der Waals surface area contributed by atoms with Crippen molar-refractivity contribution in [2.24, 2.45) is 11.7 Å².